The Morgan fingerprint density at radius 2 is 1.55 bits per heavy atom. The van der Waals surface area contributed by atoms with Crippen LogP contribution in [0, 0.1) is 11.3 Å². The number of halogens is 4. The van der Waals surface area contributed by atoms with Crippen molar-refractivity contribution in [3.63, 3.8) is 0 Å². The Morgan fingerprint density at radius 1 is 1.09 bits per heavy atom. The fraction of sp³-hybridized carbons (Fsp3) is 0.667. The fourth-order valence-electron chi connectivity index (χ4n) is 3.68. The number of rotatable bonds is 4. The zero-order valence-electron chi connectivity index (χ0n) is 11.6. The van der Waals surface area contributed by atoms with Crippen LogP contribution in [0.25, 0.3) is 0 Å². The molecule has 1 fully saturated rings. The van der Waals surface area contributed by atoms with Crippen molar-refractivity contribution >= 4 is 58.3 Å². The van der Waals surface area contributed by atoms with Crippen molar-refractivity contribution < 1.29 is 29.3 Å². The fourth-order valence-corrected chi connectivity index (χ4v) is 5.96. The highest BCUT2D eigenvalue weighted by Crippen LogP contribution is 2.77. The first kappa shape index (κ1) is 18.1. The highest BCUT2D eigenvalue weighted by Gasteiger charge is 2.92. The van der Waals surface area contributed by atoms with Crippen LogP contribution in [0.3, 0.4) is 0 Å². The Morgan fingerprint density at radius 3 is 1.86 bits per heavy atom. The van der Waals surface area contributed by atoms with Gasteiger partial charge >= 0.3 is 11.9 Å². The molecule has 2 bridgehead atoms. The first-order valence-corrected chi connectivity index (χ1v) is 7.46. The van der Waals surface area contributed by atoms with Crippen molar-refractivity contribution in [1.29, 1.82) is 0 Å². The molecule has 1 saturated carbocycles. The van der Waals surface area contributed by atoms with Crippen molar-refractivity contribution in [2.24, 2.45) is 11.3 Å². The molecule has 0 aromatic heterocycles. The second kappa shape index (κ2) is 4.88. The van der Waals surface area contributed by atoms with Crippen molar-refractivity contribution in [3.05, 3.63) is 10.1 Å². The zero-order valence-corrected chi connectivity index (χ0v) is 14.6. The first-order chi connectivity index (χ1) is 9.95. The number of hydrogen-bond donors (Lipinski definition) is 2. The van der Waals surface area contributed by atoms with Gasteiger partial charge in [-0.05, 0) is 6.92 Å². The van der Waals surface area contributed by atoms with Crippen molar-refractivity contribution in [1.82, 2.24) is 0 Å². The largest absolute Gasteiger partial charge is 0.481 e. The lowest BCUT2D eigenvalue weighted by Crippen LogP contribution is -2.59. The summed E-state index contributed by atoms with van der Waals surface area (Å²) in [5.74, 6) is -6.85. The molecule has 0 heterocycles. The van der Waals surface area contributed by atoms with Gasteiger partial charge in [-0.25, -0.2) is 0 Å². The van der Waals surface area contributed by atoms with Crippen LogP contribution in [-0.2, 0) is 19.1 Å². The third-order valence-electron chi connectivity index (χ3n) is 4.70. The van der Waals surface area contributed by atoms with Crippen molar-refractivity contribution in [2.45, 2.75) is 22.5 Å². The second-order valence-electron chi connectivity index (χ2n) is 5.30. The minimum atomic E-state index is -2.14. The van der Waals surface area contributed by atoms with Crippen LogP contribution in [0.4, 0.5) is 0 Å². The molecule has 0 aromatic carbocycles. The Balaban J connectivity index is 3.01. The summed E-state index contributed by atoms with van der Waals surface area (Å²) in [6.07, 6.45) is 0. The summed E-state index contributed by atoms with van der Waals surface area (Å²) in [6.45, 7) is 1.13. The van der Waals surface area contributed by atoms with Crippen LogP contribution in [0.5, 0.6) is 0 Å². The number of hydrogen-bond acceptors (Lipinski definition) is 4. The minimum absolute atomic E-state index is 0.305. The molecule has 0 radical (unpaired) electrons. The van der Waals surface area contributed by atoms with E-state index in [1.54, 1.807) is 0 Å². The maximum absolute atomic E-state index is 11.9. The van der Waals surface area contributed by atoms with Crippen molar-refractivity contribution in [3.8, 4) is 0 Å². The number of carbonyl (C=O) groups is 2. The Hall–Kier alpha value is -0.240. The van der Waals surface area contributed by atoms with E-state index in [4.69, 9.17) is 55.9 Å². The predicted molar refractivity (Wildman–Crippen MR) is 79.5 cm³/mol. The second-order valence-corrected chi connectivity index (χ2v) is 7.22. The van der Waals surface area contributed by atoms with E-state index in [1.165, 1.54) is 0 Å². The maximum Gasteiger partial charge on any atom is 0.312 e. The summed E-state index contributed by atoms with van der Waals surface area (Å²) in [5.41, 5.74) is -2.14. The zero-order chi connectivity index (χ0) is 17.3. The van der Waals surface area contributed by atoms with Gasteiger partial charge < -0.3 is 19.7 Å². The summed E-state index contributed by atoms with van der Waals surface area (Å²) in [5, 5.41) is 18.7. The highest BCUT2D eigenvalue weighted by atomic mass is 35.5. The maximum atomic E-state index is 11.9. The van der Waals surface area contributed by atoms with E-state index in [-0.39, 0.29) is 10.1 Å². The minimum Gasteiger partial charge on any atom is -0.481 e. The molecule has 0 amide bonds. The van der Waals surface area contributed by atoms with E-state index in [0.717, 1.165) is 21.1 Å². The molecule has 0 saturated heterocycles. The molecule has 22 heavy (non-hydrogen) atoms. The van der Waals surface area contributed by atoms with Gasteiger partial charge in [-0.1, -0.05) is 23.2 Å². The summed E-state index contributed by atoms with van der Waals surface area (Å²) in [7, 11) is 2.31. The topological polar surface area (TPSA) is 93.1 Å². The van der Waals surface area contributed by atoms with Gasteiger partial charge in [-0.3, -0.25) is 9.59 Å². The summed E-state index contributed by atoms with van der Waals surface area (Å²) in [6, 6.07) is 0. The van der Waals surface area contributed by atoms with Gasteiger partial charge in [0.15, 0.2) is 9.75 Å². The average molecular weight is 394 g/mol. The monoisotopic (exact) mass is 392 g/mol. The van der Waals surface area contributed by atoms with Gasteiger partial charge in [0.05, 0.1) is 10.1 Å². The van der Waals surface area contributed by atoms with E-state index in [2.05, 4.69) is 0 Å². The summed E-state index contributed by atoms with van der Waals surface area (Å²) in [4.78, 5) is 19.5. The smallest absolute Gasteiger partial charge is 0.312 e. The standard InChI is InChI=1S/C12H12Cl4O6/c1-9(8(19)20)4(7(17)18)10(15)5(13)6(14)11(9,16)12(10,21-2)22-3/h4H,1-3H3,(H,17,18)(H,19,20). The molecular formula is C12H12Cl4O6. The van der Waals surface area contributed by atoms with Gasteiger partial charge in [0.2, 0.25) is 5.79 Å². The molecule has 0 aliphatic heterocycles. The Bertz CT molecular complexity index is 602. The van der Waals surface area contributed by atoms with E-state index < -0.39 is 38.8 Å². The van der Waals surface area contributed by atoms with E-state index in [1.807, 2.05) is 0 Å². The summed E-state index contributed by atoms with van der Waals surface area (Å²) < 4.78 is 10.6. The lowest BCUT2D eigenvalue weighted by Gasteiger charge is -2.43. The number of alkyl halides is 2. The van der Waals surface area contributed by atoms with Crippen LogP contribution in [0.2, 0.25) is 0 Å². The Labute approximate surface area is 145 Å². The molecular weight excluding hydrogens is 382 g/mol. The number of carboxylic acid groups (broad SMARTS) is 2. The molecule has 2 rings (SSSR count). The number of methoxy groups -OCH3 is 2. The molecule has 2 aliphatic carbocycles. The summed E-state index contributed by atoms with van der Waals surface area (Å²) >= 11 is 25.3. The van der Waals surface area contributed by atoms with Gasteiger partial charge in [0, 0.05) is 14.2 Å². The van der Waals surface area contributed by atoms with E-state index in [0.29, 0.717) is 0 Å². The SMILES string of the molecule is COC1(OC)C2(Cl)C(Cl)=C(Cl)C1(Cl)C(C)(C(=O)O)C2C(=O)O. The normalized spacial score (nSPS) is 42.8. The van der Waals surface area contributed by atoms with Crippen LogP contribution in [0.1, 0.15) is 6.92 Å². The molecule has 0 spiro atoms. The molecule has 2 aliphatic rings. The van der Waals surface area contributed by atoms with Gasteiger partial charge in [-0.15, -0.1) is 23.2 Å². The number of carboxylic acids is 2. The quantitative estimate of drug-likeness (QED) is 0.562. The number of ether oxygens (including phenoxy) is 2. The molecule has 4 unspecified atom stereocenters. The van der Waals surface area contributed by atoms with Gasteiger partial charge in [0.1, 0.15) is 11.3 Å². The van der Waals surface area contributed by atoms with Crippen LogP contribution < -0.4 is 0 Å². The molecule has 6 nitrogen and oxygen atoms in total. The van der Waals surface area contributed by atoms with Crippen molar-refractivity contribution in [2.75, 3.05) is 14.2 Å². The predicted octanol–water partition coefficient (Wildman–Crippen LogP) is 2.44. The van der Waals surface area contributed by atoms with E-state index >= 15 is 0 Å². The molecule has 2 N–H and O–H groups in total. The third-order valence-corrected chi connectivity index (χ3v) is 7.44. The Kier molecular flexibility index (Phi) is 4.01. The average Bonchev–Trinajstić information content (AvgIpc) is 2.66. The first-order valence-electron chi connectivity index (χ1n) is 5.95. The molecule has 0 aromatic rings. The molecule has 124 valence electrons. The number of fused-ring (bicyclic) bond motifs is 2. The van der Waals surface area contributed by atoms with Crippen LogP contribution in [-0.4, -0.2) is 51.9 Å². The molecule has 4 atom stereocenters. The van der Waals surface area contributed by atoms with Crippen LogP contribution >= 0.6 is 46.4 Å². The van der Waals surface area contributed by atoms with Gasteiger partial charge in [0.25, 0.3) is 0 Å². The third kappa shape index (κ3) is 1.39. The number of aliphatic carboxylic acids is 2. The van der Waals surface area contributed by atoms with Crippen LogP contribution in [0.15, 0.2) is 10.1 Å². The van der Waals surface area contributed by atoms with E-state index in [9.17, 15) is 19.8 Å². The van der Waals surface area contributed by atoms with Gasteiger partial charge in [-0.2, -0.15) is 0 Å². The lowest BCUT2D eigenvalue weighted by molar-refractivity contribution is -0.224. The highest BCUT2D eigenvalue weighted by molar-refractivity contribution is 6.53. The lowest BCUT2D eigenvalue weighted by atomic mass is 9.69. The molecule has 10 heteroatoms.